The summed E-state index contributed by atoms with van der Waals surface area (Å²) in [6.45, 7) is 7.88. The van der Waals surface area contributed by atoms with Crippen molar-refractivity contribution in [2.75, 3.05) is 24.5 Å². The molecule has 1 aromatic rings. The molecule has 0 aliphatic carbocycles. The van der Waals surface area contributed by atoms with Crippen LogP contribution in [0.25, 0.3) is 0 Å². The van der Waals surface area contributed by atoms with E-state index in [-0.39, 0.29) is 11.9 Å². The van der Waals surface area contributed by atoms with Crippen molar-refractivity contribution in [1.82, 2.24) is 9.88 Å². The van der Waals surface area contributed by atoms with E-state index < -0.39 is 0 Å². The van der Waals surface area contributed by atoms with Crippen LogP contribution in [0.5, 0.6) is 0 Å². The van der Waals surface area contributed by atoms with E-state index >= 15 is 0 Å². The number of carbonyl (C=O) groups is 1. The van der Waals surface area contributed by atoms with Gasteiger partial charge < -0.3 is 15.5 Å². The van der Waals surface area contributed by atoms with Crippen molar-refractivity contribution in [1.29, 1.82) is 5.26 Å². The molecule has 2 N–H and O–H groups in total. The Morgan fingerprint density at radius 3 is 2.83 bits per heavy atom. The highest BCUT2D eigenvalue weighted by Gasteiger charge is 2.27. The van der Waals surface area contributed by atoms with E-state index in [9.17, 15) is 4.79 Å². The van der Waals surface area contributed by atoms with Crippen molar-refractivity contribution < 1.29 is 4.79 Å². The van der Waals surface area contributed by atoms with Crippen molar-refractivity contribution in [2.24, 2.45) is 5.73 Å². The number of nitriles is 1. The molecule has 1 unspecified atom stereocenters. The summed E-state index contributed by atoms with van der Waals surface area (Å²) in [5, 5.41) is 8.82. The zero-order chi connectivity index (χ0) is 16.8. The van der Waals surface area contributed by atoms with Crippen LogP contribution in [0.15, 0.2) is 30.6 Å². The quantitative estimate of drug-likeness (QED) is 0.893. The van der Waals surface area contributed by atoms with Crippen molar-refractivity contribution >= 4 is 11.7 Å². The van der Waals surface area contributed by atoms with Gasteiger partial charge in [-0.15, -0.1) is 0 Å². The SMILES string of the molecule is C=C(N)CCCC(=O)N1CCN(c2ccc(C#N)cn2)CC1C. The lowest BCUT2D eigenvalue weighted by Gasteiger charge is -2.40. The Kier molecular flexibility index (Phi) is 5.58. The molecule has 0 radical (unpaired) electrons. The molecule has 23 heavy (non-hydrogen) atoms. The van der Waals surface area contributed by atoms with Crippen LogP contribution in [-0.2, 0) is 4.79 Å². The molecule has 1 saturated heterocycles. The van der Waals surface area contributed by atoms with E-state index in [1.54, 1.807) is 12.3 Å². The summed E-state index contributed by atoms with van der Waals surface area (Å²) in [6, 6.07) is 5.83. The van der Waals surface area contributed by atoms with E-state index in [1.165, 1.54) is 0 Å². The molecule has 1 aliphatic heterocycles. The van der Waals surface area contributed by atoms with Crippen LogP contribution in [0.2, 0.25) is 0 Å². The molecule has 6 nitrogen and oxygen atoms in total. The predicted octanol–water partition coefficient (Wildman–Crippen LogP) is 1.63. The zero-order valence-electron chi connectivity index (χ0n) is 13.5. The second-order valence-electron chi connectivity index (χ2n) is 5.91. The molecule has 0 bridgehead atoms. The lowest BCUT2D eigenvalue weighted by atomic mass is 10.1. The number of aromatic nitrogens is 1. The maximum Gasteiger partial charge on any atom is 0.222 e. The van der Waals surface area contributed by atoms with Gasteiger partial charge in [-0.05, 0) is 31.9 Å². The van der Waals surface area contributed by atoms with Gasteiger partial charge in [0.2, 0.25) is 5.91 Å². The third-order valence-electron chi connectivity index (χ3n) is 4.04. The Hall–Kier alpha value is -2.55. The summed E-state index contributed by atoms with van der Waals surface area (Å²) in [4.78, 5) is 20.7. The zero-order valence-corrected chi connectivity index (χ0v) is 13.5. The fraction of sp³-hybridized carbons (Fsp3) is 0.471. The van der Waals surface area contributed by atoms with Crippen molar-refractivity contribution in [3.63, 3.8) is 0 Å². The number of piperazine rings is 1. The summed E-state index contributed by atoms with van der Waals surface area (Å²) >= 11 is 0. The van der Waals surface area contributed by atoms with Crippen LogP contribution in [0, 0.1) is 11.3 Å². The number of amides is 1. The number of carbonyl (C=O) groups excluding carboxylic acids is 1. The van der Waals surface area contributed by atoms with Gasteiger partial charge in [-0.3, -0.25) is 4.79 Å². The highest BCUT2D eigenvalue weighted by Crippen LogP contribution is 2.18. The Balaban J connectivity index is 1.90. The van der Waals surface area contributed by atoms with Crippen LogP contribution in [-0.4, -0.2) is 41.5 Å². The van der Waals surface area contributed by atoms with Gasteiger partial charge in [0, 0.05) is 44.0 Å². The molecule has 1 aliphatic rings. The van der Waals surface area contributed by atoms with Gasteiger partial charge in [0.05, 0.1) is 5.56 Å². The van der Waals surface area contributed by atoms with E-state index in [0.29, 0.717) is 30.6 Å². The molecule has 1 atom stereocenters. The highest BCUT2D eigenvalue weighted by molar-refractivity contribution is 5.76. The van der Waals surface area contributed by atoms with Gasteiger partial charge in [0.15, 0.2) is 0 Å². The highest BCUT2D eigenvalue weighted by atomic mass is 16.2. The topological polar surface area (TPSA) is 86.3 Å². The lowest BCUT2D eigenvalue weighted by Crippen LogP contribution is -2.54. The van der Waals surface area contributed by atoms with E-state index in [4.69, 9.17) is 11.0 Å². The normalized spacial score (nSPS) is 17.7. The minimum atomic E-state index is 0.134. The average Bonchev–Trinajstić information content (AvgIpc) is 2.54. The Morgan fingerprint density at radius 2 is 2.26 bits per heavy atom. The Morgan fingerprint density at radius 1 is 1.48 bits per heavy atom. The number of nitrogens with zero attached hydrogens (tertiary/aromatic N) is 4. The van der Waals surface area contributed by atoms with Gasteiger partial charge in [-0.2, -0.15) is 5.26 Å². The Labute approximate surface area is 137 Å². The summed E-state index contributed by atoms with van der Waals surface area (Å²) in [7, 11) is 0. The van der Waals surface area contributed by atoms with Crippen LogP contribution in [0.3, 0.4) is 0 Å². The fourth-order valence-electron chi connectivity index (χ4n) is 2.79. The first-order valence-corrected chi connectivity index (χ1v) is 7.85. The molecule has 1 amide bonds. The largest absolute Gasteiger partial charge is 0.403 e. The van der Waals surface area contributed by atoms with Crippen LogP contribution < -0.4 is 10.6 Å². The van der Waals surface area contributed by atoms with Gasteiger partial charge in [0.1, 0.15) is 11.9 Å². The summed E-state index contributed by atoms with van der Waals surface area (Å²) in [5.74, 6) is 1.02. The third kappa shape index (κ3) is 4.46. The standard InChI is InChI=1S/C17H23N5O/c1-13(19)4-3-5-17(23)22-9-8-21(12-14(22)2)16-7-6-15(10-18)11-20-16/h6-7,11,14H,1,3-5,8-9,12,19H2,2H3. The van der Waals surface area contributed by atoms with Gasteiger partial charge in [-0.1, -0.05) is 6.58 Å². The molecule has 0 saturated carbocycles. The summed E-state index contributed by atoms with van der Waals surface area (Å²) in [6.07, 6.45) is 3.53. The monoisotopic (exact) mass is 313 g/mol. The number of nitrogens with two attached hydrogens (primary N) is 1. The van der Waals surface area contributed by atoms with Gasteiger partial charge in [0.25, 0.3) is 0 Å². The predicted molar refractivity (Wildman–Crippen MR) is 89.5 cm³/mol. The second-order valence-corrected chi connectivity index (χ2v) is 5.91. The van der Waals surface area contributed by atoms with E-state index in [2.05, 4.69) is 29.5 Å². The minimum Gasteiger partial charge on any atom is -0.403 e. The molecule has 1 aromatic heterocycles. The first-order valence-electron chi connectivity index (χ1n) is 7.85. The molecule has 2 heterocycles. The molecular formula is C17H23N5O. The van der Waals surface area contributed by atoms with Crippen LogP contribution >= 0.6 is 0 Å². The summed E-state index contributed by atoms with van der Waals surface area (Å²) < 4.78 is 0. The van der Waals surface area contributed by atoms with Crippen LogP contribution in [0.1, 0.15) is 31.7 Å². The molecule has 1 fully saturated rings. The first kappa shape index (κ1) is 16.8. The number of hydrogen-bond acceptors (Lipinski definition) is 5. The van der Waals surface area contributed by atoms with E-state index in [1.807, 2.05) is 11.0 Å². The van der Waals surface area contributed by atoms with Gasteiger partial charge in [-0.25, -0.2) is 4.98 Å². The smallest absolute Gasteiger partial charge is 0.222 e. The maximum atomic E-state index is 12.3. The van der Waals surface area contributed by atoms with Crippen molar-refractivity contribution in [3.05, 3.63) is 36.2 Å². The number of allylic oxidation sites excluding steroid dienone is 1. The fourth-order valence-corrected chi connectivity index (χ4v) is 2.79. The first-order chi connectivity index (χ1) is 11.0. The second kappa shape index (κ2) is 7.63. The number of hydrogen-bond donors (Lipinski definition) is 1. The van der Waals surface area contributed by atoms with Crippen LogP contribution in [0.4, 0.5) is 5.82 Å². The lowest BCUT2D eigenvalue weighted by molar-refractivity contribution is -0.133. The van der Waals surface area contributed by atoms with Crippen molar-refractivity contribution in [3.8, 4) is 6.07 Å². The third-order valence-corrected chi connectivity index (χ3v) is 4.04. The number of rotatable bonds is 5. The molecule has 6 heteroatoms. The molecule has 0 spiro atoms. The van der Waals surface area contributed by atoms with Crippen molar-refractivity contribution in [2.45, 2.75) is 32.2 Å². The summed E-state index contributed by atoms with van der Waals surface area (Å²) in [5.41, 5.74) is 6.71. The number of pyridine rings is 1. The average molecular weight is 313 g/mol. The Bertz CT molecular complexity index is 604. The molecule has 0 aromatic carbocycles. The number of anilines is 1. The maximum absolute atomic E-state index is 12.3. The molecule has 122 valence electrons. The van der Waals surface area contributed by atoms with E-state index in [0.717, 1.165) is 25.3 Å². The van der Waals surface area contributed by atoms with Gasteiger partial charge >= 0.3 is 0 Å². The minimum absolute atomic E-state index is 0.134. The molecule has 2 rings (SSSR count). The molecular weight excluding hydrogens is 290 g/mol.